The van der Waals surface area contributed by atoms with Gasteiger partial charge in [0.2, 0.25) is 0 Å². The van der Waals surface area contributed by atoms with E-state index in [4.69, 9.17) is 17.3 Å². The molecule has 2 aromatic heterocycles. The molecule has 0 aliphatic carbocycles. The summed E-state index contributed by atoms with van der Waals surface area (Å²) in [5.74, 6) is -0.170. The van der Waals surface area contributed by atoms with Gasteiger partial charge < -0.3 is 21.3 Å². The number of anilines is 2. The van der Waals surface area contributed by atoms with Crippen LogP contribution in [0.2, 0.25) is 5.02 Å². The van der Waals surface area contributed by atoms with Gasteiger partial charge in [-0.3, -0.25) is 9.48 Å². The molecule has 31 heavy (non-hydrogen) atoms. The highest BCUT2D eigenvalue weighted by molar-refractivity contribution is 6.30. The van der Waals surface area contributed by atoms with Crippen LogP contribution in [0.3, 0.4) is 0 Å². The standard InChI is InChI=1S/C21H22ClN7O2/c1-28-11-14(10-25-28)13-7-18(19(23)24-9-13)20(30)26-17-5-6-29(12-17)21(31)27-16-4-2-3-15(22)8-16/h2-4,7-11,17H,5-6,12H2,1H3,(H2,23,24)(H,26,30)(H,27,31)/t17-/m1/s1. The summed E-state index contributed by atoms with van der Waals surface area (Å²) in [6.07, 6.45) is 5.79. The van der Waals surface area contributed by atoms with E-state index >= 15 is 0 Å². The van der Waals surface area contributed by atoms with Crippen molar-refractivity contribution in [2.75, 3.05) is 24.1 Å². The summed E-state index contributed by atoms with van der Waals surface area (Å²) in [7, 11) is 1.82. The number of benzene rings is 1. The molecule has 0 spiro atoms. The van der Waals surface area contributed by atoms with Crippen LogP contribution in [0.15, 0.2) is 48.9 Å². The van der Waals surface area contributed by atoms with Gasteiger partial charge in [0.25, 0.3) is 5.91 Å². The second-order valence-corrected chi connectivity index (χ2v) is 7.84. The van der Waals surface area contributed by atoms with E-state index in [0.29, 0.717) is 35.8 Å². The van der Waals surface area contributed by atoms with Gasteiger partial charge in [-0.05, 0) is 30.7 Å². The highest BCUT2D eigenvalue weighted by Gasteiger charge is 2.28. The fraction of sp³-hybridized carbons (Fsp3) is 0.238. The summed E-state index contributed by atoms with van der Waals surface area (Å²) in [5.41, 5.74) is 8.45. The topological polar surface area (TPSA) is 118 Å². The molecule has 0 saturated carbocycles. The van der Waals surface area contributed by atoms with Gasteiger partial charge in [-0.1, -0.05) is 17.7 Å². The Morgan fingerprint density at radius 3 is 2.81 bits per heavy atom. The zero-order chi connectivity index (χ0) is 22.0. The van der Waals surface area contributed by atoms with Crippen molar-refractivity contribution in [2.45, 2.75) is 12.5 Å². The number of hydrogen-bond donors (Lipinski definition) is 3. The number of halogens is 1. The zero-order valence-electron chi connectivity index (χ0n) is 16.9. The van der Waals surface area contributed by atoms with E-state index < -0.39 is 0 Å². The Labute approximate surface area is 184 Å². The summed E-state index contributed by atoms with van der Waals surface area (Å²) in [4.78, 5) is 31.1. The normalized spacial score (nSPS) is 15.7. The van der Waals surface area contributed by atoms with Crippen LogP contribution in [0.1, 0.15) is 16.8 Å². The molecule has 3 amide bonds. The molecule has 10 heteroatoms. The van der Waals surface area contributed by atoms with Crippen LogP contribution in [-0.2, 0) is 7.05 Å². The number of carbonyl (C=O) groups excluding carboxylic acids is 2. The predicted octanol–water partition coefficient (Wildman–Crippen LogP) is 2.75. The van der Waals surface area contributed by atoms with E-state index in [1.165, 1.54) is 0 Å². The fourth-order valence-corrected chi connectivity index (χ4v) is 3.67. The molecule has 1 atom stereocenters. The lowest BCUT2D eigenvalue weighted by Gasteiger charge is -2.18. The lowest BCUT2D eigenvalue weighted by Crippen LogP contribution is -2.40. The third-order valence-corrected chi connectivity index (χ3v) is 5.32. The van der Waals surface area contributed by atoms with E-state index in [1.54, 1.807) is 52.3 Å². The largest absolute Gasteiger partial charge is 0.383 e. The molecule has 3 heterocycles. The van der Waals surface area contributed by atoms with Gasteiger partial charge in [0.05, 0.1) is 11.8 Å². The Morgan fingerprint density at radius 1 is 1.23 bits per heavy atom. The maximum Gasteiger partial charge on any atom is 0.321 e. The van der Waals surface area contributed by atoms with Crippen LogP contribution in [0.25, 0.3) is 11.1 Å². The van der Waals surface area contributed by atoms with E-state index in [-0.39, 0.29) is 23.8 Å². The first kappa shape index (κ1) is 20.7. The Hall–Kier alpha value is -3.59. The van der Waals surface area contributed by atoms with Gasteiger partial charge in [-0.15, -0.1) is 0 Å². The number of pyridine rings is 1. The Morgan fingerprint density at radius 2 is 2.06 bits per heavy atom. The molecule has 0 radical (unpaired) electrons. The number of nitrogens with zero attached hydrogens (tertiary/aromatic N) is 4. The van der Waals surface area contributed by atoms with Gasteiger partial charge in [0.15, 0.2) is 0 Å². The number of nitrogens with one attached hydrogen (secondary N) is 2. The third kappa shape index (κ3) is 4.77. The third-order valence-electron chi connectivity index (χ3n) is 5.09. The Balaban J connectivity index is 1.39. The summed E-state index contributed by atoms with van der Waals surface area (Å²) < 4.78 is 1.67. The van der Waals surface area contributed by atoms with Crippen LogP contribution < -0.4 is 16.4 Å². The predicted molar refractivity (Wildman–Crippen MR) is 119 cm³/mol. The molecule has 1 aromatic carbocycles. The monoisotopic (exact) mass is 439 g/mol. The molecular formula is C21H22ClN7O2. The number of likely N-dealkylation sites (tertiary alicyclic amines) is 1. The Kier molecular flexibility index (Phi) is 5.77. The average Bonchev–Trinajstić information content (AvgIpc) is 3.37. The van der Waals surface area contributed by atoms with Crippen LogP contribution >= 0.6 is 11.6 Å². The van der Waals surface area contributed by atoms with Crippen LogP contribution in [0.5, 0.6) is 0 Å². The highest BCUT2D eigenvalue weighted by Crippen LogP contribution is 2.22. The van der Waals surface area contributed by atoms with Gasteiger partial charge >= 0.3 is 6.03 Å². The van der Waals surface area contributed by atoms with Crippen molar-refractivity contribution in [3.05, 3.63) is 59.5 Å². The van der Waals surface area contributed by atoms with E-state index in [1.807, 2.05) is 13.2 Å². The molecule has 9 nitrogen and oxygen atoms in total. The molecule has 1 aliphatic heterocycles. The zero-order valence-corrected chi connectivity index (χ0v) is 17.6. The fourth-order valence-electron chi connectivity index (χ4n) is 3.48. The number of nitrogen functional groups attached to an aromatic ring is 1. The first-order chi connectivity index (χ1) is 14.9. The van der Waals surface area contributed by atoms with Crippen molar-refractivity contribution in [3.8, 4) is 11.1 Å². The number of aromatic nitrogens is 3. The number of amides is 3. The van der Waals surface area contributed by atoms with Crippen LogP contribution in [0, 0.1) is 0 Å². The van der Waals surface area contributed by atoms with Gasteiger partial charge in [-0.25, -0.2) is 9.78 Å². The minimum Gasteiger partial charge on any atom is -0.383 e. The van der Waals surface area contributed by atoms with E-state index in [9.17, 15) is 9.59 Å². The van der Waals surface area contributed by atoms with Gasteiger partial charge in [0.1, 0.15) is 5.82 Å². The number of hydrogen-bond acceptors (Lipinski definition) is 5. The second-order valence-electron chi connectivity index (χ2n) is 7.41. The van der Waals surface area contributed by atoms with Crippen LogP contribution in [-0.4, -0.2) is 50.7 Å². The molecule has 4 N–H and O–H groups in total. The molecule has 1 aliphatic rings. The smallest absolute Gasteiger partial charge is 0.321 e. The molecule has 1 fully saturated rings. The molecule has 0 bridgehead atoms. The van der Waals surface area contributed by atoms with Crippen molar-refractivity contribution >= 4 is 35.0 Å². The minimum absolute atomic E-state index is 0.152. The van der Waals surface area contributed by atoms with E-state index in [2.05, 4.69) is 20.7 Å². The number of rotatable bonds is 4. The first-order valence-electron chi connectivity index (χ1n) is 9.76. The van der Waals surface area contributed by atoms with Crippen molar-refractivity contribution in [2.24, 2.45) is 7.05 Å². The minimum atomic E-state index is -0.321. The van der Waals surface area contributed by atoms with Crippen molar-refractivity contribution in [1.29, 1.82) is 0 Å². The lowest BCUT2D eigenvalue weighted by molar-refractivity contribution is 0.0938. The Bertz CT molecular complexity index is 1130. The molecule has 160 valence electrons. The first-order valence-corrected chi connectivity index (χ1v) is 10.1. The van der Waals surface area contributed by atoms with Gasteiger partial charge in [-0.2, -0.15) is 5.10 Å². The highest BCUT2D eigenvalue weighted by atomic mass is 35.5. The molecule has 3 aromatic rings. The maximum absolute atomic E-state index is 12.8. The molecular weight excluding hydrogens is 418 g/mol. The summed E-state index contributed by atoms with van der Waals surface area (Å²) >= 11 is 5.96. The number of aryl methyl sites for hydroxylation is 1. The summed E-state index contributed by atoms with van der Waals surface area (Å²) in [6, 6.07) is 8.24. The molecule has 0 unspecified atom stereocenters. The van der Waals surface area contributed by atoms with Crippen LogP contribution in [0.4, 0.5) is 16.3 Å². The maximum atomic E-state index is 12.8. The summed E-state index contributed by atoms with van der Waals surface area (Å²) in [5, 5.41) is 10.5. The lowest BCUT2D eigenvalue weighted by atomic mass is 10.1. The molecule has 1 saturated heterocycles. The number of urea groups is 1. The van der Waals surface area contributed by atoms with Crippen molar-refractivity contribution in [1.82, 2.24) is 25.0 Å². The average molecular weight is 440 g/mol. The second kappa shape index (κ2) is 8.65. The van der Waals surface area contributed by atoms with Crippen molar-refractivity contribution < 1.29 is 9.59 Å². The van der Waals surface area contributed by atoms with Crippen molar-refractivity contribution in [3.63, 3.8) is 0 Å². The molecule has 4 rings (SSSR count). The van der Waals surface area contributed by atoms with Gasteiger partial charge in [0, 0.05) is 60.4 Å². The SMILES string of the molecule is Cn1cc(-c2cnc(N)c(C(=O)N[C@@H]3CCN(C(=O)Nc4cccc(Cl)c4)C3)c2)cn1. The van der Waals surface area contributed by atoms with E-state index in [0.717, 1.165) is 11.1 Å². The summed E-state index contributed by atoms with van der Waals surface area (Å²) in [6.45, 7) is 0.925. The number of carbonyl (C=O) groups is 2. The number of nitrogens with two attached hydrogens (primary N) is 1. The quantitative estimate of drug-likeness (QED) is 0.577.